The first-order valence-corrected chi connectivity index (χ1v) is 14.4. The van der Waals surface area contributed by atoms with Crippen LogP contribution >= 0.6 is 23.5 Å². The summed E-state index contributed by atoms with van der Waals surface area (Å²) in [6, 6.07) is 12.7. The molecule has 5 N–H and O–H groups in total. The number of anilines is 1. The SMILES string of the molecule is CC(SCC1C[C@H](SC2=C(C(=O)O)N3C(=O)[C@@H](CCO)[C@@H]3[C@H]2C)CN1)c1ccc2cccc(N)c2c1. The van der Waals surface area contributed by atoms with E-state index in [1.165, 1.54) is 10.5 Å². The van der Waals surface area contributed by atoms with Gasteiger partial charge in [0.25, 0.3) is 0 Å². The van der Waals surface area contributed by atoms with Crippen molar-refractivity contribution < 1.29 is 19.8 Å². The number of carbonyl (C=O) groups excluding carboxylic acids is 1. The van der Waals surface area contributed by atoms with E-state index in [2.05, 4.69) is 36.5 Å². The summed E-state index contributed by atoms with van der Waals surface area (Å²) in [5.41, 5.74) is 8.39. The number of aliphatic carboxylic acids is 1. The van der Waals surface area contributed by atoms with E-state index in [1.807, 2.05) is 30.8 Å². The topological polar surface area (TPSA) is 116 Å². The van der Waals surface area contributed by atoms with Crippen molar-refractivity contribution >= 4 is 51.9 Å². The normalized spacial score (nSPS) is 28.5. The molecule has 9 heteroatoms. The fraction of sp³-hybridized carbons (Fsp3) is 0.481. The van der Waals surface area contributed by atoms with Crippen LogP contribution in [0.15, 0.2) is 47.0 Å². The summed E-state index contributed by atoms with van der Waals surface area (Å²) in [5, 5.41) is 25.7. The standard InChI is InChI=1S/C27H33N3O4S2/c1-14-23-20(8-9-31)26(32)30(23)24(27(33)34)25(14)36-19-11-18(29-12-19)13-35-15(2)17-7-6-16-4-3-5-22(28)21(16)10-17/h3-7,10,14-15,18-20,23,29,31H,8-9,11-13,28H2,1-2H3,(H,33,34)/t14-,15?,18?,19+,20+,23+/m1/s1. The minimum atomic E-state index is -1.04. The average molecular weight is 528 g/mol. The van der Waals surface area contributed by atoms with Crippen LogP contribution in [-0.4, -0.2) is 63.2 Å². The van der Waals surface area contributed by atoms with Gasteiger partial charge in [-0.2, -0.15) is 11.8 Å². The summed E-state index contributed by atoms with van der Waals surface area (Å²) in [6.45, 7) is 4.99. The molecule has 192 valence electrons. The molecular formula is C27H33N3O4S2. The molecule has 3 heterocycles. The summed E-state index contributed by atoms with van der Waals surface area (Å²) >= 11 is 3.54. The summed E-state index contributed by atoms with van der Waals surface area (Å²) in [5.74, 6) is -0.547. The molecule has 0 aliphatic carbocycles. The first-order valence-electron chi connectivity index (χ1n) is 12.5. The van der Waals surface area contributed by atoms with Gasteiger partial charge in [0.15, 0.2) is 0 Å². The van der Waals surface area contributed by atoms with Crippen molar-refractivity contribution in [3.05, 3.63) is 52.6 Å². The summed E-state index contributed by atoms with van der Waals surface area (Å²) < 4.78 is 0. The number of hydrogen-bond acceptors (Lipinski definition) is 7. The Balaban J connectivity index is 1.19. The number of rotatable bonds is 9. The molecule has 0 spiro atoms. The Morgan fingerprint density at radius 1 is 1.31 bits per heavy atom. The molecule has 2 aromatic carbocycles. The lowest BCUT2D eigenvalue weighted by Gasteiger charge is -2.45. The number of carboxylic acids is 1. The number of nitrogens with zero attached hydrogens (tertiary/aromatic N) is 1. The largest absolute Gasteiger partial charge is 0.477 e. The van der Waals surface area contributed by atoms with Crippen LogP contribution in [0.4, 0.5) is 5.69 Å². The molecule has 0 saturated carbocycles. The van der Waals surface area contributed by atoms with Crippen LogP contribution in [0.25, 0.3) is 10.8 Å². The van der Waals surface area contributed by atoms with Gasteiger partial charge in [-0.3, -0.25) is 4.79 Å². The van der Waals surface area contributed by atoms with Crippen LogP contribution in [0, 0.1) is 11.8 Å². The van der Waals surface area contributed by atoms with Gasteiger partial charge in [0.05, 0.1) is 12.0 Å². The molecule has 3 aliphatic heterocycles. The van der Waals surface area contributed by atoms with E-state index >= 15 is 0 Å². The predicted molar refractivity (Wildman–Crippen MR) is 147 cm³/mol. The highest BCUT2D eigenvalue weighted by Crippen LogP contribution is 2.51. The Morgan fingerprint density at radius 3 is 2.86 bits per heavy atom. The van der Waals surface area contributed by atoms with Crippen molar-refractivity contribution in [1.82, 2.24) is 10.2 Å². The second-order valence-electron chi connectivity index (χ2n) is 10.0. The van der Waals surface area contributed by atoms with Gasteiger partial charge in [0, 0.05) is 57.3 Å². The number of amides is 1. The molecule has 0 aromatic heterocycles. The van der Waals surface area contributed by atoms with Gasteiger partial charge in [-0.15, -0.1) is 11.8 Å². The van der Waals surface area contributed by atoms with Crippen LogP contribution in [0.3, 0.4) is 0 Å². The van der Waals surface area contributed by atoms with Crippen LogP contribution in [0.2, 0.25) is 0 Å². The second-order valence-corrected chi connectivity index (χ2v) is 12.7. The molecule has 5 rings (SSSR count). The van der Waals surface area contributed by atoms with Crippen molar-refractivity contribution in [2.75, 3.05) is 24.6 Å². The lowest BCUT2D eigenvalue weighted by atomic mass is 9.80. The number of hydrogen-bond donors (Lipinski definition) is 4. The zero-order chi connectivity index (χ0) is 25.6. The number of aliphatic hydroxyl groups is 1. The van der Waals surface area contributed by atoms with Crippen molar-refractivity contribution in [2.45, 2.75) is 49.3 Å². The summed E-state index contributed by atoms with van der Waals surface area (Å²) in [7, 11) is 0. The van der Waals surface area contributed by atoms with Crippen molar-refractivity contribution in [3.63, 3.8) is 0 Å². The van der Waals surface area contributed by atoms with Crippen LogP contribution in [0.5, 0.6) is 0 Å². The van der Waals surface area contributed by atoms with Crippen LogP contribution in [-0.2, 0) is 9.59 Å². The highest BCUT2D eigenvalue weighted by molar-refractivity contribution is 8.03. The third-order valence-corrected chi connectivity index (χ3v) is 10.6. The first-order chi connectivity index (χ1) is 17.3. The maximum absolute atomic E-state index is 12.6. The van der Waals surface area contributed by atoms with Gasteiger partial charge in [-0.05, 0) is 42.8 Å². The lowest BCUT2D eigenvalue weighted by Crippen LogP contribution is -2.60. The van der Waals surface area contributed by atoms with Crippen molar-refractivity contribution in [2.24, 2.45) is 11.8 Å². The predicted octanol–water partition coefficient (Wildman–Crippen LogP) is 3.84. The Labute approximate surface area is 219 Å². The Bertz CT molecular complexity index is 1220. The number of thioether (sulfide) groups is 2. The monoisotopic (exact) mass is 527 g/mol. The summed E-state index contributed by atoms with van der Waals surface area (Å²) in [4.78, 5) is 26.9. The van der Waals surface area contributed by atoms with Crippen molar-refractivity contribution in [3.8, 4) is 0 Å². The van der Waals surface area contributed by atoms with E-state index in [0.717, 1.165) is 40.1 Å². The number of nitrogen functional groups attached to an aromatic ring is 1. The zero-order valence-electron chi connectivity index (χ0n) is 20.5. The van der Waals surface area contributed by atoms with Crippen LogP contribution < -0.4 is 11.1 Å². The zero-order valence-corrected chi connectivity index (χ0v) is 22.1. The number of β-lactam (4-membered cyclic amide) rings is 1. The van der Waals surface area contributed by atoms with Crippen molar-refractivity contribution in [1.29, 1.82) is 0 Å². The van der Waals surface area contributed by atoms with Gasteiger partial charge in [-0.25, -0.2) is 4.79 Å². The highest BCUT2D eigenvalue weighted by atomic mass is 32.2. The maximum Gasteiger partial charge on any atom is 0.353 e. The molecule has 2 fully saturated rings. The number of nitrogens with two attached hydrogens (primary N) is 1. The van der Waals surface area contributed by atoms with E-state index in [9.17, 15) is 19.8 Å². The Morgan fingerprint density at radius 2 is 2.11 bits per heavy atom. The van der Waals surface area contributed by atoms with Gasteiger partial charge < -0.3 is 26.2 Å². The second kappa shape index (κ2) is 10.3. The van der Waals surface area contributed by atoms with E-state index in [4.69, 9.17) is 5.73 Å². The van der Waals surface area contributed by atoms with Gasteiger partial charge in [0.2, 0.25) is 5.91 Å². The molecule has 7 nitrogen and oxygen atoms in total. The number of carbonyl (C=O) groups is 2. The molecule has 36 heavy (non-hydrogen) atoms. The Hall–Kier alpha value is -2.20. The molecular weight excluding hydrogens is 494 g/mol. The van der Waals surface area contributed by atoms with E-state index in [-0.39, 0.29) is 41.3 Å². The molecule has 2 unspecified atom stereocenters. The fourth-order valence-electron chi connectivity index (χ4n) is 5.80. The number of aliphatic hydroxyl groups excluding tert-OH is 1. The van der Waals surface area contributed by atoms with E-state index < -0.39 is 5.97 Å². The molecule has 2 saturated heterocycles. The maximum atomic E-state index is 12.6. The average Bonchev–Trinajstić information content (AvgIpc) is 3.42. The number of fused-ring (bicyclic) bond motifs is 2. The Kier molecular flexibility index (Phi) is 7.27. The van der Waals surface area contributed by atoms with E-state index in [0.29, 0.717) is 17.7 Å². The lowest BCUT2D eigenvalue weighted by molar-refractivity contribution is -0.157. The number of nitrogens with one attached hydrogen (secondary N) is 1. The minimum Gasteiger partial charge on any atom is -0.477 e. The quantitative estimate of drug-likeness (QED) is 0.287. The van der Waals surface area contributed by atoms with E-state index in [1.54, 1.807) is 11.8 Å². The molecule has 6 atom stereocenters. The number of benzene rings is 2. The summed E-state index contributed by atoms with van der Waals surface area (Å²) in [6.07, 6.45) is 1.35. The third-order valence-electron chi connectivity index (χ3n) is 7.74. The van der Waals surface area contributed by atoms with Gasteiger partial charge >= 0.3 is 5.97 Å². The molecule has 2 aromatic rings. The highest BCUT2D eigenvalue weighted by Gasteiger charge is 2.58. The van der Waals surface area contributed by atoms with Gasteiger partial charge in [-0.1, -0.05) is 31.2 Å². The molecule has 3 aliphatic rings. The molecule has 0 radical (unpaired) electrons. The third kappa shape index (κ3) is 4.51. The number of carboxylic acid groups (broad SMARTS) is 1. The molecule has 1 amide bonds. The smallest absolute Gasteiger partial charge is 0.353 e. The van der Waals surface area contributed by atoms with Crippen LogP contribution in [0.1, 0.15) is 37.5 Å². The fourth-order valence-corrected chi connectivity index (χ4v) is 8.43. The molecule has 0 bridgehead atoms. The minimum absolute atomic E-state index is 0.0239. The van der Waals surface area contributed by atoms with Gasteiger partial charge in [0.1, 0.15) is 5.70 Å². The first kappa shape index (κ1) is 25.4.